The van der Waals surface area contributed by atoms with Crippen molar-refractivity contribution in [2.24, 2.45) is 0 Å². The third-order valence-electron chi connectivity index (χ3n) is 2.09. The second-order valence-corrected chi connectivity index (χ2v) is 4.20. The standard InChI is InChI=1S/C10H6BrF3N2O/c11-6-3-1-2-5(4-6)7-8(10(12,13)14)17-16-9(7)15/h1-4H,(H2,15,16). The first-order valence-corrected chi connectivity index (χ1v) is 5.27. The number of nitrogens with zero attached hydrogens (tertiary/aromatic N) is 1. The SMILES string of the molecule is Nc1noc(C(F)(F)F)c1-c1cccc(Br)c1. The molecule has 1 aromatic heterocycles. The quantitative estimate of drug-likeness (QED) is 0.874. The van der Waals surface area contributed by atoms with Crippen LogP contribution in [0.5, 0.6) is 0 Å². The van der Waals surface area contributed by atoms with Crippen molar-refractivity contribution in [1.82, 2.24) is 5.16 Å². The van der Waals surface area contributed by atoms with Crippen LogP contribution in [0.1, 0.15) is 5.76 Å². The highest BCUT2D eigenvalue weighted by Crippen LogP contribution is 2.40. The highest BCUT2D eigenvalue weighted by atomic mass is 79.9. The minimum atomic E-state index is -4.62. The fourth-order valence-electron chi connectivity index (χ4n) is 1.42. The third kappa shape index (κ3) is 2.28. The van der Waals surface area contributed by atoms with E-state index in [-0.39, 0.29) is 11.4 Å². The van der Waals surface area contributed by atoms with Gasteiger partial charge in [0.05, 0.1) is 5.56 Å². The lowest BCUT2D eigenvalue weighted by Gasteiger charge is -2.05. The van der Waals surface area contributed by atoms with Crippen LogP contribution in [0, 0.1) is 0 Å². The zero-order valence-electron chi connectivity index (χ0n) is 8.25. The average molecular weight is 307 g/mol. The van der Waals surface area contributed by atoms with Crippen LogP contribution in [0.15, 0.2) is 33.3 Å². The van der Waals surface area contributed by atoms with E-state index >= 15 is 0 Å². The Balaban J connectivity index is 2.63. The fourth-order valence-corrected chi connectivity index (χ4v) is 1.82. The van der Waals surface area contributed by atoms with E-state index in [1.807, 2.05) is 0 Å². The van der Waals surface area contributed by atoms with Crippen molar-refractivity contribution in [2.45, 2.75) is 6.18 Å². The van der Waals surface area contributed by atoms with Gasteiger partial charge >= 0.3 is 6.18 Å². The Morgan fingerprint density at radius 3 is 2.59 bits per heavy atom. The third-order valence-corrected chi connectivity index (χ3v) is 2.58. The molecule has 0 bridgehead atoms. The molecular weight excluding hydrogens is 301 g/mol. The van der Waals surface area contributed by atoms with Crippen molar-refractivity contribution in [3.8, 4) is 11.1 Å². The van der Waals surface area contributed by atoms with E-state index in [4.69, 9.17) is 5.73 Å². The monoisotopic (exact) mass is 306 g/mol. The summed E-state index contributed by atoms with van der Waals surface area (Å²) in [6, 6.07) is 6.31. The summed E-state index contributed by atoms with van der Waals surface area (Å²) in [5.41, 5.74) is 5.46. The molecule has 1 aromatic carbocycles. The first-order chi connectivity index (χ1) is 7.89. The Morgan fingerprint density at radius 1 is 1.29 bits per heavy atom. The van der Waals surface area contributed by atoms with Crippen molar-refractivity contribution in [2.75, 3.05) is 5.73 Å². The molecular formula is C10H6BrF3N2O. The van der Waals surface area contributed by atoms with Gasteiger partial charge in [-0.15, -0.1) is 0 Å². The molecule has 0 saturated heterocycles. The maximum atomic E-state index is 12.6. The van der Waals surface area contributed by atoms with Gasteiger partial charge < -0.3 is 10.3 Å². The number of halogens is 4. The molecule has 0 aliphatic heterocycles. The Labute approximate surface area is 103 Å². The highest BCUT2D eigenvalue weighted by Gasteiger charge is 2.40. The van der Waals surface area contributed by atoms with E-state index in [1.165, 1.54) is 12.1 Å². The maximum absolute atomic E-state index is 12.6. The van der Waals surface area contributed by atoms with Gasteiger partial charge in [-0.05, 0) is 17.7 Å². The minimum Gasteiger partial charge on any atom is -0.380 e. The summed E-state index contributed by atoms with van der Waals surface area (Å²) < 4.78 is 42.8. The molecule has 0 aliphatic carbocycles. The van der Waals surface area contributed by atoms with Gasteiger partial charge in [-0.2, -0.15) is 13.2 Å². The van der Waals surface area contributed by atoms with Gasteiger partial charge in [-0.1, -0.05) is 33.2 Å². The number of nitrogens with two attached hydrogens (primary N) is 1. The van der Waals surface area contributed by atoms with E-state index in [9.17, 15) is 13.2 Å². The van der Waals surface area contributed by atoms with Gasteiger partial charge in [0, 0.05) is 4.47 Å². The zero-order chi connectivity index (χ0) is 12.6. The maximum Gasteiger partial charge on any atom is 0.453 e. The molecule has 2 rings (SSSR count). The lowest BCUT2D eigenvalue weighted by molar-refractivity contribution is -0.154. The predicted octanol–water partition coefficient (Wildman–Crippen LogP) is 3.71. The number of anilines is 1. The number of aromatic nitrogens is 1. The van der Waals surface area contributed by atoms with E-state index in [0.29, 0.717) is 10.0 Å². The predicted molar refractivity (Wildman–Crippen MR) is 59.1 cm³/mol. The second kappa shape index (κ2) is 4.06. The summed E-state index contributed by atoms with van der Waals surface area (Å²) in [4.78, 5) is 0. The summed E-state index contributed by atoms with van der Waals surface area (Å²) in [6.45, 7) is 0. The average Bonchev–Trinajstić information content (AvgIpc) is 2.59. The van der Waals surface area contributed by atoms with Gasteiger partial charge in [0.15, 0.2) is 5.82 Å². The number of hydrogen-bond acceptors (Lipinski definition) is 3. The summed E-state index contributed by atoms with van der Waals surface area (Å²) in [6.07, 6.45) is -4.62. The molecule has 0 radical (unpaired) electrons. The lowest BCUT2D eigenvalue weighted by atomic mass is 10.1. The van der Waals surface area contributed by atoms with Crippen molar-refractivity contribution in [3.05, 3.63) is 34.5 Å². The van der Waals surface area contributed by atoms with Crippen molar-refractivity contribution >= 4 is 21.7 Å². The van der Waals surface area contributed by atoms with Crippen LogP contribution >= 0.6 is 15.9 Å². The molecule has 0 spiro atoms. The Bertz CT molecular complexity index is 551. The molecule has 3 nitrogen and oxygen atoms in total. The summed E-state index contributed by atoms with van der Waals surface area (Å²) in [5, 5.41) is 3.16. The summed E-state index contributed by atoms with van der Waals surface area (Å²) >= 11 is 3.17. The number of rotatable bonds is 1. The minimum absolute atomic E-state index is 0.237. The van der Waals surface area contributed by atoms with Gasteiger partial charge in [-0.25, -0.2) is 0 Å². The van der Waals surface area contributed by atoms with Gasteiger partial charge in [0.2, 0.25) is 5.76 Å². The molecule has 7 heteroatoms. The molecule has 0 fully saturated rings. The number of hydrogen-bond donors (Lipinski definition) is 1. The topological polar surface area (TPSA) is 52.0 Å². The fraction of sp³-hybridized carbons (Fsp3) is 0.100. The highest BCUT2D eigenvalue weighted by molar-refractivity contribution is 9.10. The van der Waals surface area contributed by atoms with Crippen molar-refractivity contribution < 1.29 is 17.7 Å². The number of nitrogen functional groups attached to an aromatic ring is 1. The van der Waals surface area contributed by atoms with Crippen LogP contribution in [0.3, 0.4) is 0 Å². The first kappa shape index (κ1) is 12.0. The van der Waals surface area contributed by atoms with Crippen LogP contribution in [-0.4, -0.2) is 5.16 Å². The molecule has 2 N–H and O–H groups in total. The molecule has 0 amide bonds. The number of alkyl halides is 3. The zero-order valence-corrected chi connectivity index (χ0v) is 9.84. The van der Waals surface area contributed by atoms with Crippen LogP contribution < -0.4 is 5.73 Å². The molecule has 90 valence electrons. The molecule has 1 heterocycles. The van der Waals surface area contributed by atoms with Gasteiger partial charge in [-0.3, -0.25) is 0 Å². The lowest BCUT2D eigenvalue weighted by Crippen LogP contribution is -2.05. The van der Waals surface area contributed by atoms with E-state index in [0.717, 1.165) is 0 Å². The van der Waals surface area contributed by atoms with Gasteiger partial charge in [0.1, 0.15) is 0 Å². The van der Waals surface area contributed by atoms with Crippen LogP contribution in [0.2, 0.25) is 0 Å². The molecule has 0 atom stereocenters. The molecule has 0 saturated carbocycles. The molecule has 0 aliphatic rings. The van der Waals surface area contributed by atoms with Crippen LogP contribution in [0.25, 0.3) is 11.1 Å². The van der Waals surface area contributed by atoms with Crippen LogP contribution in [0.4, 0.5) is 19.0 Å². The summed E-state index contributed by atoms with van der Waals surface area (Å²) in [7, 11) is 0. The molecule has 2 aromatic rings. The van der Waals surface area contributed by atoms with E-state index in [1.54, 1.807) is 12.1 Å². The van der Waals surface area contributed by atoms with E-state index in [2.05, 4.69) is 25.6 Å². The second-order valence-electron chi connectivity index (χ2n) is 3.28. The molecule has 0 unspecified atom stereocenters. The van der Waals surface area contributed by atoms with Gasteiger partial charge in [0.25, 0.3) is 0 Å². The smallest absolute Gasteiger partial charge is 0.380 e. The summed E-state index contributed by atoms with van der Waals surface area (Å²) in [5.74, 6) is -1.47. The van der Waals surface area contributed by atoms with E-state index < -0.39 is 11.9 Å². The van der Waals surface area contributed by atoms with Crippen molar-refractivity contribution in [3.63, 3.8) is 0 Å². The largest absolute Gasteiger partial charge is 0.453 e. The first-order valence-electron chi connectivity index (χ1n) is 4.48. The Morgan fingerprint density at radius 2 is 2.00 bits per heavy atom. The Hall–Kier alpha value is -1.50. The van der Waals surface area contributed by atoms with Crippen LogP contribution in [-0.2, 0) is 6.18 Å². The number of benzene rings is 1. The molecule has 17 heavy (non-hydrogen) atoms. The Kier molecular flexibility index (Phi) is 2.86. The normalized spacial score (nSPS) is 11.8. The van der Waals surface area contributed by atoms with Crippen molar-refractivity contribution in [1.29, 1.82) is 0 Å².